The Morgan fingerprint density at radius 3 is 2.00 bits per heavy atom. The quantitative estimate of drug-likeness (QED) is 0.708. The van der Waals surface area contributed by atoms with Crippen LogP contribution in [0.5, 0.6) is 0 Å². The second kappa shape index (κ2) is 4.50. The van der Waals surface area contributed by atoms with Crippen molar-refractivity contribution in [1.82, 2.24) is 5.32 Å². The number of carboxylic acids is 1. The van der Waals surface area contributed by atoms with Gasteiger partial charge in [0.1, 0.15) is 5.41 Å². The van der Waals surface area contributed by atoms with Gasteiger partial charge in [0.25, 0.3) is 0 Å². The second-order valence-electron chi connectivity index (χ2n) is 3.33. The first-order valence-electron chi connectivity index (χ1n) is 4.16. The minimum atomic E-state index is -4.47. The summed E-state index contributed by atoms with van der Waals surface area (Å²) < 4.78 is 35.7. The zero-order chi connectivity index (χ0) is 12.3. The largest absolute Gasteiger partial charge is 0.480 e. The highest BCUT2D eigenvalue weighted by molar-refractivity contribution is 6.01. The summed E-state index contributed by atoms with van der Waals surface area (Å²) in [5.74, 6) is -2.50. The van der Waals surface area contributed by atoms with Crippen molar-refractivity contribution in [2.75, 3.05) is 7.05 Å². The van der Waals surface area contributed by atoms with Crippen LogP contribution in [0.4, 0.5) is 13.2 Å². The molecule has 7 heteroatoms. The van der Waals surface area contributed by atoms with E-state index in [0.717, 1.165) is 6.92 Å². The number of amides is 1. The molecule has 0 fully saturated rings. The third-order valence-electron chi connectivity index (χ3n) is 2.11. The van der Waals surface area contributed by atoms with Gasteiger partial charge in [0.2, 0.25) is 5.91 Å². The SMILES string of the molecule is CNC(=O)C(C)(CCC(F)(F)F)C(=O)O. The molecule has 1 amide bonds. The van der Waals surface area contributed by atoms with E-state index in [0.29, 0.717) is 0 Å². The van der Waals surface area contributed by atoms with Crippen LogP contribution >= 0.6 is 0 Å². The van der Waals surface area contributed by atoms with Gasteiger partial charge in [-0.1, -0.05) is 0 Å². The van der Waals surface area contributed by atoms with Gasteiger partial charge in [0, 0.05) is 13.5 Å². The lowest BCUT2D eigenvalue weighted by atomic mass is 9.84. The summed E-state index contributed by atoms with van der Waals surface area (Å²) in [6.45, 7) is 0.972. The van der Waals surface area contributed by atoms with Gasteiger partial charge in [-0.2, -0.15) is 13.2 Å². The molecule has 0 saturated heterocycles. The van der Waals surface area contributed by atoms with E-state index in [-0.39, 0.29) is 0 Å². The lowest BCUT2D eigenvalue weighted by Gasteiger charge is -2.23. The number of nitrogens with one attached hydrogen (secondary N) is 1. The molecule has 0 aliphatic heterocycles. The Bertz CT molecular complexity index is 264. The molecule has 0 aliphatic rings. The summed E-state index contributed by atoms with van der Waals surface area (Å²) in [5, 5.41) is 10.7. The van der Waals surface area contributed by atoms with Gasteiger partial charge in [-0.25, -0.2) is 0 Å². The summed E-state index contributed by atoms with van der Waals surface area (Å²) >= 11 is 0. The topological polar surface area (TPSA) is 66.4 Å². The number of carbonyl (C=O) groups excluding carboxylic acids is 1. The third kappa shape index (κ3) is 3.77. The number of halogens is 3. The van der Waals surface area contributed by atoms with Gasteiger partial charge in [0.05, 0.1) is 0 Å². The van der Waals surface area contributed by atoms with Crippen LogP contribution in [0.15, 0.2) is 0 Å². The molecule has 0 aromatic rings. The molecule has 0 saturated carbocycles. The van der Waals surface area contributed by atoms with Crippen molar-refractivity contribution in [2.45, 2.75) is 25.9 Å². The van der Waals surface area contributed by atoms with Crippen LogP contribution in [0.25, 0.3) is 0 Å². The minimum absolute atomic E-state index is 0.772. The molecule has 0 rings (SSSR count). The van der Waals surface area contributed by atoms with Gasteiger partial charge < -0.3 is 10.4 Å². The van der Waals surface area contributed by atoms with Gasteiger partial charge in [-0.3, -0.25) is 9.59 Å². The predicted octanol–water partition coefficient (Wildman–Crippen LogP) is 1.17. The van der Waals surface area contributed by atoms with Crippen LogP contribution in [0, 0.1) is 5.41 Å². The fourth-order valence-corrected chi connectivity index (χ4v) is 0.985. The van der Waals surface area contributed by atoms with Crippen molar-refractivity contribution in [3.05, 3.63) is 0 Å². The number of aliphatic carboxylic acids is 1. The highest BCUT2D eigenvalue weighted by Gasteiger charge is 2.43. The van der Waals surface area contributed by atoms with E-state index in [2.05, 4.69) is 0 Å². The van der Waals surface area contributed by atoms with Crippen molar-refractivity contribution in [2.24, 2.45) is 5.41 Å². The third-order valence-corrected chi connectivity index (χ3v) is 2.11. The number of carboxylic acid groups (broad SMARTS) is 1. The second-order valence-corrected chi connectivity index (χ2v) is 3.33. The van der Waals surface area contributed by atoms with Crippen molar-refractivity contribution >= 4 is 11.9 Å². The summed E-state index contributed by atoms with van der Waals surface area (Å²) in [5.41, 5.74) is -2.04. The van der Waals surface area contributed by atoms with Gasteiger partial charge >= 0.3 is 12.1 Å². The van der Waals surface area contributed by atoms with Gasteiger partial charge in [-0.15, -0.1) is 0 Å². The molecule has 0 bridgehead atoms. The molecule has 1 atom stereocenters. The molecule has 0 aromatic heterocycles. The van der Waals surface area contributed by atoms with Crippen LogP contribution in [0.2, 0.25) is 0 Å². The first-order chi connectivity index (χ1) is 6.63. The zero-order valence-corrected chi connectivity index (χ0v) is 8.31. The van der Waals surface area contributed by atoms with Crippen LogP contribution in [-0.2, 0) is 9.59 Å². The Morgan fingerprint density at radius 1 is 1.27 bits per heavy atom. The molecule has 88 valence electrons. The van der Waals surface area contributed by atoms with E-state index < -0.39 is 36.3 Å². The van der Waals surface area contributed by atoms with Crippen molar-refractivity contribution < 1.29 is 27.9 Å². The maximum absolute atomic E-state index is 11.9. The maximum Gasteiger partial charge on any atom is 0.389 e. The molecule has 0 radical (unpaired) electrons. The summed E-state index contributed by atoms with van der Waals surface area (Å²) in [6, 6.07) is 0. The molecule has 0 aliphatic carbocycles. The minimum Gasteiger partial charge on any atom is -0.480 e. The van der Waals surface area contributed by atoms with E-state index in [1.54, 1.807) is 0 Å². The van der Waals surface area contributed by atoms with Crippen molar-refractivity contribution in [1.29, 1.82) is 0 Å². The zero-order valence-electron chi connectivity index (χ0n) is 8.31. The maximum atomic E-state index is 11.9. The molecule has 2 N–H and O–H groups in total. The van der Waals surface area contributed by atoms with E-state index in [4.69, 9.17) is 5.11 Å². The standard InChI is InChI=1S/C8H12F3NO3/c1-7(6(14)15,5(13)12-2)3-4-8(9,10)11/h3-4H2,1-2H3,(H,12,13)(H,14,15). The van der Waals surface area contributed by atoms with E-state index >= 15 is 0 Å². The molecule has 0 spiro atoms. The fourth-order valence-electron chi connectivity index (χ4n) is 0.985. The average Bonchev–Trinajstić information content (AvgIpc) is 2.11. The molecular weight excluding hydrogens is 215 g/mol. The highest BCUT2D eigenvalue weighted by atomic mass is 19.4. The Hall–Kier alpha value is -1.27. The first kappa shape index (κ1) is 13.7. The van der Waals surface area contributed by atoms with E-state index in [9.17, 15) is 22.8 Å². The fraction of sp³-hybridized carbons (Fsp3) is 0.750. The van der Waals surface area contributed by atoms with Crippen molar-refractivity contribution in [3.63, 3.8) is 0 Å². The monoisotopic (exact) mass is 227 g/mol. The Balaban J connectivity index is 4.68. The summed E-state index contributed by atoms with van der Waals surface area (Å²) in [4.78, 5) is 21.8. The van der Waals surface area contributed by atoms with Crippen LogP contribution < -0.4 is 5.32 Å². The molecule has 1 unspecified atom stereocenters. The predicted molar refractivity (Wildman–Crippen MR) is 45.1 cm³/mol. The molecule has 0 aromatic carbocycles. The van der Waals surface area contributed by atoms with Gasteiger partial charge in [0.15, 0.2) is 0 Å². The molecule has 0 heterocycles. The average molecular weight is 227 g/mol. The number of hydrogen-bond donors (Lipinski definition) is 2. The lowest BCUT2D eigenvalue weighted by molar-refractivity contribution is -0.162. The first-order valence-corrected chi connectivity index (χ1v) is 4.16. The van der Waals surface area contributed by atoms with E-state index in [1.165, 1.54) is 7.05 Å². The lowest BCUT2D eigenvalue weighted by Crippen LogP contribution is -2.43. The highest BCUT2D eigenvalue weighted by Crippen LogP contribution is 2.31. The van der Waals surface area contributed by atoms with Crippen LogP contribution in [0.3, 0.4) is 0 Å². The summed E-state index contributed by atoms with van der Waals surface area (Å²) in [7, 11) is 1.18. The number of rotatable bonds is 4. The summed E-state index contributed by atoms with van der Waals surface area (Å²) in [6.07, 6.45) is -6.54. The number of carbonyl (C=O) groups is 2. The Labute approximate surface area is 84.5 Å². The normalized spacial score (nSPS) is 15.5. The molecular formula is C8H12F3NO3. The van der Waals surface area contributed by atoms with Crippen molar-refractivity contribution in [3.8, 4) is 0 Å². The van der Waals surface area contributed by atoms with Crippen LogP contribution in [0.1, 0.15) is 19.8 Å². The number of alkyl halides is 3. The molecule has 4 nitrogen and oxygen atoms in total. The van der Waals surface area contributed by atoms with Gasteiger partial charge in [-0.05, 0) is 13.3 Å². The Morgan fingerprint density at radius 2 is 1.73 bits per heavy atom. The number of hydrogen-bond acceptors (Lipinski definition) is 2. The van der Waals surface area contributed by atoms with Crippen LogP contribution in [-0.4, -0.2) is 30.2 Å². The smallest absolute Gasteiger partial charge is 0.389 e. The Kier molecular flexibility index (Phi) is 4.12. The molecule has 15 heavy (non-hydrogen) atoms. The van der Waals surface area contributed by atoms with E-state index in [1.807, 2.05) is 5.32 Å².